The fraction of sp³-hybridized carbons (Fsp3) is 0.158. The second kappa shape index (κ2) is 5.94. The van der Waals surface area contributed by atoms with Crippen LogP contribution in [0.4, 0.5) is 0 Å². The molecule has 0 unspecified atom stereocenters. The van der Waals surface area contributed by atoms with Crippen LogP contribution in [0.5, 0.6) is 0 Å². The Morgan fingerprint density at radius 1 is 0.850 bits per heavy atom. The van der Waals surface area contributed by atoms with Crippen molar-refractivity contribution in [2.75, 3.05) is 0 Å². The van der Waals surface area contributed by atoms with E-state index in [1.807, 2.05) is 18.2 Å². The highest BCUT2D eigenvalue weighted by Gasteiger charge is 2.07. The van der Waals surface area contributed by atoms with Crippen LogP contribution in [0.15, 0.2) is 61.2 Å². The molecule has 20 heavy (non-hydrogen) atoms. The summed E-state index contributed by atoms with van der Waals surface area (Å²) in [5.41, 5.74) is 7.83. The lowest BCUT2D eigenvalue weighted by Crippen LogP contribution is -2.16. The predicted octanol–water partition coefficient (Wildman–Crippen LogP) is 4.98. The van der Waals surface area contributed by atoms with Gasteiger partial charge in [0.2, 0.25) is 0 Å². The van der Waals surface area contributed by atoms with Crippen LogP contribution in [0.2, 0.25) is 19.6 Å². The molecular formula is C19H20Si. The molecule has 0 aliphatic rings. The van der Waals surface area contributed by atoms with Crippen LogP contribution in [-0.4, -0.2) is 8.07 Å². The average molecular weight is 276 g/mol. The highest BCUT2D eigenvalue weighted by Crippen LogP contribution is 2.21. The van der Waals surface area contributed by atoms with Gasteiger partial charge in [0.1, 0.15) is 8.07 Å². The molecule has 2 rings (SSSR count). The first kappa shape index (κ1) is 14.4. The molecule has 2 aromatic carbocycles. The monoisotopic (exact) mass is 276 g/mol. The zero-order chi connectivity index (χ0) is 14.6. The zero-order valence-corrected chi connectivity index (χ0v) is 13.4. The first-order valence-electron chi connectivity index (χ1n) is 6.84. The Hall–Kier alpha value is -2.04. The van der Waals surface area contributed by atoms with Crippen molar-refractivity contribution in [3.8, 4) is 11.5 Å². The lowest BCUT2D eigenvalue weighted by molar-refractivity contribution is 1.54. The van der Waals surface area contributed by atoms with Crippen molar-refractivity contribution in [1.82, 2.24) is 0 Å². The molecule has 0 N–H and O–H groups in total. The Morgan fingerprint density at radius 2 is 1.40 bits per heavy atom. The van der Waals surface area contributed by atoms with Gasteiger partial charge in [-0.15, -0.1) is 5.54 Å². The van der Waals surface area contributed by atoms with E-state index < -0.39 is 8.07 Å². The molecule has 0 aromatic heterocycles. The van der Waals surface area contributed by atoms with E-state index >= 15 is 0 Å². The van der Waals surface area contributed by atoms with Crippen molar-refractivity contribution in [2.24, 2.45) is 0 Å². The molecule has 0 atom stereocenters. The lowest BCUT2D eigenvalue weighted by Gasteiger charge is -2.06. The van der Waals surface area contributed by atoms with Crippen LogP contribution in [0.3, 0.4) is 0 Å². The van der Waals surface area contributed by atoms with Gasteiger partial charge in [-0.2, -0.15) is 0 Å². The Balaban J connectivity index is 2.20. The summed E-state index contributed by atoms with van der Waals surface area (Å²) in [6, 6.07) is 18.6. The van der Waals surface area contributed by atoms with E-state index in [1.165, 1.54) is 0 Å². The third-order valence-corrected chi connectivity index (χ3v) is 3.81. The van der Waals surface area contributed by atoms with Gasteiger partial charge in [-0.3, -0.25) is 0 Å². The Bertz CT molecular complexity index is 647. The molecular weight excluding hydrogens is 256 g/mol. The van der Waals surface area contributed by atoms with Crippen molar-refractivity contribution >= 4 is 13.6 Å². The number of hydrogen-bond acceptors (Lipinski definition) is 0. The van der Waals surface area contributed by atoms with Gasteiger partial charge in [-0.1, -0.05) is 74.6 Å². The van der Waals surface area contributed by atoms with Crippen molar-refractivity contribution in [3.05, 3.63) is 77.9 Å². The first-order valence-corrected chi connectivity index (χ1v) is 10.3. The molecule has 0 spiro atoms. The molecule has 100 valence electrons. The predicted molar refractivity (Wildman–Crippen MR) is 91.2 cm³/mol. The summed E-state index contributed by atoms with van der Waals surface area (Å²) < 4.78 is 0. The molecule has 0 saturated carbocycles. The number of hydrogen-bond donors (Lipinski definition) is 0. The molecule has 0 fully saturated rings. The maximum absolute atomic E-state index is 4.18. The topological polar surface area (TPSA) is 0 Å². The number of benzene rings is 2. The van der Waals surface area contributed by atoms with Gasteiger partial charge in [0.05, 0.1) is 0 Å². The first-order chi connectivity index (χ1) is 9.46. The molecule has 0 bridgehead atoms. The summed E-state index contributed by atoms with van der Waals surface area (Å²) in [6.07, 6.45) is 0. The summed E-state index contributed by atoms with van der Waals surface area (Å²) in [5.74, 6) is 3.27. The maximum atomic E-state index is 4.18. The van der Waals surface area contributed by atoms with Gasteiger partial charge in [0.25, 0.3) is 0 Å². The van der Waals surface area contributed by atoms with E-state index in [2.05, 4.69) is 74.1 Å². The lowest BCUT2D eigenvalue weighted by atomic mass is 9.99. The van der Waals surface area contributed by atoms with Gasteiger partial charge in [-0.05, 0) is 28.8 Å². The fourth-order valence-electron chi connectivity index (χ4n) is 1.82. The SMILES string of the molecule is C=C(c1ccccc1)c1ccc(C#C[Si](C)(C)C)cc1. The molecule has 0 amide bonds. The highest BCUT2D eigenvalue weighted by molar-refractivity contribution is 6.83. The number of rotatable bonds is 2. The van der Waals surface area contributed by atoms with Gasteiger partial charge in [-0.25, -0.2) is 0 Å². The van der Waals surface area contributed by atoms with Crippen LogP contribution >= 0.6 is 0 Å². The highest BCUT2D eigenvalue weighted by atomic mass is 28.3. The second-order valence-corrected chi connectivity index (χ2v) is 10.7. The normalized spacial score (nSPS) is 10.6. The van der Waals surface area contributed by atoms with Crippen LogP contribution in [0.25, 0.3) is 5.57 Å². The molecule has 0 heterocycles. The Kier molecular flexibility index (Phi) is 4.27. The fourth-order valence-corrected chi connectivity index (χ4v) is 2.34. The average Bonchev–Trinajstić information content (AvgIpc) is 2.45. The van der Waals surface area contributed by atoms with Crippen LogP contribution < -0.4 is 0 Å². The van der Waals surface area contributed by atoms with E-state index in [0.717, 1.165) is 22.3 Å². The third kappa shape index (κ3) is 3.98. The Morgan fingerprint density at radius 3 is 1.95 bits per heavy atom. The Labute approximate surface area is 123 Å². The van der Waals surface area contributed by atoms with Crippen LogP contribution in [0, 0.1) is 11.5 Å². The molecule has 2 aromatic rings. The minimum absolute atomic E-state index is 1.05. The van der Waals surface area contributed by atoms with Gasteiger partial charge in [0.15, 0.2) is 0 Å². The third-order valence-electron chi connectivity index (χ3n) is 2.94. The van der Waals surface area contributed by atoms with Crippen molar-refractivity contribution in [2.45, 2.75) is 19.6 Å². The minimum Gasteiger partial charge on any atom is -0.127 e. The molecule has 0 saturated heterocycles. The van der Waals surface area contributed by atoms with Crippen LogP contribution in [-0.2, 0) is 0 Å². The van der Waals surface area contributed by atoms with Crippen molar-refractivity contribution < 1.29 is 0 Å². The maximum Gasteiger partial charge on any atom is 0.129 e. The molecule has 0 radical (unpaired) electrons. The summed E-state index contributed by atoms with van der Waals surface area (Å²) in [4.78, 5) is 0. The van der Waals surface area contributed by atoms with E-state index in [0.29, 0.717) is 0 Å². The quantitative estimate of drug-likeness (QED) is 0.536. The van der Waals surface area contributed by atoms with Crippen molar-refractivity contribution in [1.29, 1.82) is 0 Å². The van der Waals surface area contributed by atoms with Gasteiger partial charge in [0, 0.05) is 5.56 Å². The van der Waals surface area contributed by atoms with Gasteiger partial charge < -0.3 is 0 Å². The largest absolute Gasteiger partial charge is 0.129 e. The molecule has 1 heteroatoms. The van der Waals surface area contributed by atoms with Crippen molar-refractivity contribution in [3.63, 3.8) is 0 Å². The minimum atomic E-state index is -1.31. The van der Waals surface area contributed by atoms with E-state index in [1.54, 1.807) is 0 Å². The van der Waals surface area contributed by atoms with E-state index in [9.17, 15) is 0 Å². The van der Waals surface area contributed by atoms with E-state index in [4.69, 9.17) is 0 Å². The second-order valence-electron chi connectivity index (χ2n) is 5.92. The summed E-state index contributed by atoms with van der Waals surface area (Å²) in [7, 11) is -1.31. The molecule has 0 aliphatic carbocycles. The van der Waals surface area contributed by atoms with E-state index in [-0.39, 0.29) is 0 Å². The standard InChI is InChI=1S/C19H20Si/c1-16(18-8-6-5-7-9-18)19-12-10-17(11-13-19)14-15-20(2,3)4/h5-13H,1H2,2-4H3. The molecule has 0 nitrogen and oxygen atoms in total. The smallest absolute Gasteiger partial charge is 0.127 e. The summed E-state index contributed by atoms with van der Waals surface area (Å²) >= 11 is 0. The zero-order valence-electron chi connectivity index (χ0n) is 12.4. The molecule has 0 aliphatic heterocycles. The summed E-state index contributed by atoms with van der Waals surface area (Å²) in [5, 5.41) is 0. The van der Waals surface area contributed by atoms with Crippen LogP contribution in [0.1, 0.15) is 16.7 Å². The van der Waals surface area contributed by atoms with Gasteiger partial charge >= 0.3 is 0 Å². The summed E-state index contributed by atoms with van der Waals surface area (Å²) in [6.45, 7) is 10.9.